The Morgan fingerprint density at radius 3 is 2.53 bits per heavy atom. The Morgan fingerprint density at radius 1 is 1.23 bits per heavy atom. The molecule has 0 aromatic heterocycles. The van der Waals surface area contributed by atoms with Crippen LogP contribution in [0.25, 0.3) is 0 Å². The molecule has 2 aromatic rings. The number of non-ortho nitro benzene ring substituents is 1. The molecule has 2 aromatic carbocycles. The first-order valence-electron chi connectivity index (χ1n) is 9.25. The predicted octanol–water partition coefficient (Wildman–Crippen LogP) is 2.77. The molecule has 0 spiro atoms. The zero-order valence-electron chi connectivity index (χ0n) is 17.1. The van der Waals surface area contributed by atoms with Crippen molar-refractivity contribution in [3.05, 3.63) is 63.7 Å². The van der Waals surface area contributed by atoms with Crippen LogP contribution in [0.5, 0.6) is 5.75 Å². The number of ether oxygens (including phenoxy) is 1. The van der Waals surface area contributed by atoms with E-state index in [1.165, 1.54) is 19.2 Å². The van der Waals surface area contributed by atoms with Crippen molar-refractivity contribution in [1.29, 1.82) is 0 Å². The summed E-state index contributed by atoms with van der Waals surface area (Å²) in [4.78, 5) is 22.6. The second kappa shape index (κ2) is 10.1. The Morgan fingerprint density at radius 2 is 1.93 bits per heavy atom. The summed E-state index contributed by atoms with van der Waals surface area (Å²) in [6, 6.07) is 11.4. The van der Waals surface area contributed by atoms with Gasteiger partial charge in [0, 0.05) is 31.6 Å². The summed E-state index contributed by atoms with van der Waals surface area (Å²) in [6.45, 7) is 2.33. The number of hydrogen-bond donors (Lipinski definition) is 1. The minimum Gasteiger partial charge on any atom is -0.495 e. The summed E-state index contributed by atoms with van der Waals surface area (Å²) < 4.78 is 30.8. The summed E-state index contributed by atoms with van der Waals surface area (Å²) in [5, 5.41) is 13.9. The molecule has 30 heavy (non-hydrogen) atoms. The van der Waals surface area contributed by atoms with Gasteiger partial charge in [-0.2, -0.15) is 0 Å². The lowest BCUT2D eigenvalue weighted by atomic mass is 10.1. The number of hydrogen-bond acceptors (Lipinski definition) is 6. The number of carbonyl (C=O) groups excluding carboxylic acids is 1. The Hall–Kier alpha value is -3.14. The van der Waals surface area contributed by atoms with Crippen molar-refractivity contribution >= 4 is 27.3 Å². The van der Waals surface area contributed by atoms with Gasteiger partial charge in [0.05, 0.1) is 18.3 Å². The summed E-state index contributed by atoms with van der Waals surface area (Å²) in [5.74, 6) is -0.0206. The number of aryl methyl sites for hydroxylation is 1. The van der Waals surface area contributed by atoms with Gasteiger partial charge in [-0.05, 0) is 30.5 Å². The maximum Gasteiger partial charge on any atom is 0.271 e. The fourth-order valence-corrected chi connectivity index (χ4v) is 3.89. The molecule has 0 aliphatic carbocycles. The van der Waals surface area contributed by atoms with Crippen LogP contribution in [-0.4, -0.2) is 39.2 Å². The molecular weight excluding hydrogens is 410 g/mol. The number of nitro groups is 1. The van der Waals surface area contributed by atoms with Gasteiger partial charge in [-0.3, -0.25) is 19.2 Å². The molecular formula is C20H25N3O6S. The van der Waals surface area contributed by atoms with Gasteiger partial charge in [0.25, 0.3) is 5.69 Å². The molecule has 0 aliphatic heterocycles. The SMILES string of the molecule is COc1ccc([N+](=O)[O-])cc1N(CCCC(=O)NCc1ccccc1C)S(C)(=O)=O. The van der Waals surface area contributed by atoms with Crippen LogP contribution in [-0.2, 0) is 21.4 Å². The van der Waals surface area contributed by atoms with E-state index < -0.39 is 14.9 Å². The number of carbonyl (C=O) groups is 1. The first kappa shape index (κ1) is 23.1. The van der Waals surface area contributed by atoms with E-state index in [1.807, 2.05) is 31.2 Å². The largest absolute Gasteiger partial charge is 0.495 e. The standard InChI is InChI=1S/C20H25N3O6S/c1-15-7-4-5-8-16(15)14-21-20(24)9-6-12-22(30(3,27)28)18-13-17(23(25)26)10-11-19(18)29-2/h4-5,7-8,10-11,13H,6,9,12,14H2,1-3H3,(H,21,24). The number of methoxy groups -OCH3 is 1. The Balaban J connectivity index is 2.06. The van der Waals surface area contributed by atoms with Gasteiger partial charge in [0.1, 0.15) is 11.4 Å². The van der Waals surface area contributed by atoms with Gasteiger partial charge in [-0.15, -0.1) is 0 Å². The van der Waals surface area contributed by atoms with Crippen molar-refractivity contribution in [1.82, 2.24) is 5.32 Å². The molecule has 1 N–H and O–H groups in total. The van der Waals surface area contributed by atoms with Crippen LogP contribution in [0.4, 0.5) is 11.4 Å². The number of nitrogens with one attached hydrogen (secondary N) is 1. The van der Waals surface area contributed by atoms with Crippen molar-refractivity contribution in [3.63, 3.8) is 0 Å². The zero-order chi connectivity index (χ0) is 22.3. The monoisotopic (exact) mass is 435 g/mol. The number of amides is 1. The van der Waals surface area contributed by atoms with Gasteiger partial charge in [0.2, 0.25) is 15.9 Å². The summed E-state index contributed by atoms with van der Waals surface area (Å²) in [7, 11) is -2.40. The van der Waals surface area contributed by atoms with E-state index in [-0.39, 0.29) is 42.4 Å². The first-order chi connectivity index (χ1) is 14.1. The van der Waals surface area contributed by atoms with E-state index in [2.05, 4.69) is 5.32 Å². The highest BCUT2D eigenvalue weighted by Crippen LogP contribution is 2.33. The Bertz CT molecular complexity index is 1020. The summed E-state index contributed by atoms with van der Waals surface area (Å²) in [5.41, 5.74) is 1.88. The second-order valence-corrected chi connectivity index (χ2v) is 8.66. The van der Waals surface area contributed by atoms with Crippen LogP contribution in [0.1, 0.15) is 24.0 Å². The number of sulfonamides is 1. The van der Waals surface area contributed by atoms with Gasteiger partial charge in [0.15, 0.2) is 0 Å². The van der Waals surface area contributed by atoms with Gasteiger partial charge < -0.3 is 10.1 Å². The lowest BCUT2D eigenvalue weighted by Crippen LogP contribution is -2.32. The van der Waals surface area contributed by atoms with Crippen LogP contribution < -0.4 is 14.4 Å². The highest BCUT2D eigenvalue weighted by atomic mass is 32.2. The van der Waals surface area contributed by atoms with E-state index in [4.69, 9.17) is 4.74 Å². The molecule has 9 nitrogen and oxygen atoms in total. The van der Waals surface area contributed by atoms with Crippen molar-refractivity contribution in [2.45, 2.75) is 26.3 Å². The van der Waals surface area contributed by atoms with Crippen LogP contribution >= 0.6 is 0 Å². The molecule has 10 heteroatoms. The van der Waals surface area contributed by atoms with Gasteiger partial charge in [-0.25, -0.2) is 8.42 Å². The Labute approximate surface area is 175 Å². The second-order valence-electron chi connectivity index (χ2n) is 6.76. The van der Waals surface area contributed by atoms with Gasteiger partial charge >= 0.3 is 0 Å². The van der Waals surface area contributed by atoms with Crippen molar-refractivity contribution in [3.8, 4) is 5.75 Å². The van der Waals surface area contributed by atoms with Crippen LogP contribution in [0, 0.1) is 17.0 Å². The molecule has 0 aliphatic rings. The molecule has 0 unspecified atom stereocenters. The molecule has 0 saturated carbocycles. The van der Waals surface area contributed by atoms with E-state index >= 15 is 0 Å². The minimum atomic E-state index is -3.75. The predicted molar refractivity (Wildman–Crippen MR) is 114 cm³/mol. The lowest BCUT2D eigenvalue weighted by Gasteiger charge is -2.24. The first-order valence-corrected chi connectivity index (χ1v) is 11.1. The molecule has 0 saturated heterocycles. The highest BCUT2D eigenvalue weighted by Gasteiger charge is 2.24. The fraction of sp³-hybridized carbons (Fsp3) is 0.350. The van der Waals surface area contributed by atoms with Crippen LogP contribution in [0.3, 0.4) is 0 Å². The van der Waals surface area contributed by atoms with Crippen LogP contribution in [0.15, 0.2) is 42.5 Å². The molecule has 1 amide bonds. The lowest BCUT2D eigenvalue weighted by molar-refractivity contribution is -0.384. The Kier molecular flexibility index (Phi) is 7.76. The average molecular weight is 436 g/mol. The topological polar surface area (TPSA) is 119 Å². The average Bonchev–Trinajstić information content (AvgIpc) is 2.69. The molecule has 0 atom stereocenters. The third kappa shape index (κ3) is 6.18. The normalized spacial score (nSPS) is 11.0. The fourth-order valence-electron chi connectivity index (χ4n) is 2.93. The highest BCUT2D eigenvalue weighted by molar-refractivity contribution is 7.92. The van der Waals surface area contributed by atoms with E-state index in [0.29, 0.717) is 6.54 Å². The number of rotatable bonds is 10. The van der Waals surface area contributed by atoms with E-state index in [9.17, 15) is 23.3 Å². The summed E-state index contributed by atoms with van der Waals surface area (Å²) >= 11 is 0. The third-order valence-electron chi connectivity index (χ3n) is 4.54. The molecule has 0 bridgehead atoms. The van der Waals surface area contributed by atoms with Gasteiger partial charge in [-0.1, -0.05) is 24.3 Å². The van der Waals surface area contributed by atoms with Crippen molar-refractivity contribution < 1.29 is 22.9 Å². The van der Waals surface area contributed by atoms with Crippen molar-refractivity contribution in [2.75, 3.05) is 24.2 Å². The molecule has 0 fully saturated rings. The zero-order valence-corrected chi connectivity index (χ0v) is 17.9. The maximum atomic E-state index is 12.3. The summed E-state index contributed by atoms with van der Waals surface area (Å²) in [6.07, 6.45) is 1.34. The van der Waals surface area contributed by atoms with E-state index in [1.54, 1.807) is 0 Å². The number of nitrogens with zero attached hydrogens (tertiary/aromatic N) is 2. The maximum absolute atomic E-state index is 12.3. The quantitative estimate of drug-likeness (QED) is 0.453. The molecule has 0 radical (unpaired) electrons. The number of benzene rings is 2. The van der Waals surface area contributed by atoms with Crippen molar-refractivity contribution in [2.24, 2.45) is 0 Å². The number of nitro benzene ring substituents is 1. The number of anilines is 1. The van der Waals surface area contributed by atoms with E-state index in [0.717, 1.165) is 27.8 Å². The molecule has 0 heterocycles. The third-order valence-corrected chi connectivity index (χ3v) is 5.72. The minimum absolute atomic E-state index is 0.0197. The molecule has 2 rings (SSSR count). The smallest absolute Gasteiger partial charge is 0.271 e. The van der Waals surface area contributed by atoms with Crippen LogP contribution in [0.2, 0.25) is 0 Å². The molecule has 162 valence electrons.